The number of hydrogen-bond donors (Lipinski definition) is 0. The zero-order valence-corrected chi connectivity index (χ0v) is 22.8. The molecule has 204 valence electrons. The zero-order chi connectivity index (χ0) is 27.7. The lowest BCUT2D eigenvalue weighted by Gasteiger charge is -2.30. The van der Waals surface area contributed by atoms with Gasteiger partial charge in [-0.3, -0.25) is 13.9 Å². The van der Waals surface area contributed by atoms with E-state index < -0.39 is 22.5 Å². The highest BCUT2D eigenvalue weighted by molar-refractivity contribution is 7.92. The quantitative estimate of drug-likeness (QED) is 0.408. The van der Waals surface area contributed by atoms with Crippen LogP contribution in [0.1, 0.15) is 28.4 Å². The van der Waals surface area contributed by atoms with Crippen molar-refractivity contribution in [3.05, 3.63) is 65.5 Å². The first kappa shape index (κ1) is 26.4. The molecule has 0 fully saturated rings. The summed E-state index contributed by atoms with van der Waals surface area (Å²) in [5.41, 5.74) is 3.15. The number of fused-ring (bicyclic) bond motifs is 3. The summed E-state index contributed by atoms with van der Waals surface area (Å²) in [6, 6.07) is 10.6. The molecule has 2 aromatic heterocycles. The molecular formula is C27H29N5O6S. The van der Waals surface area contributed by atoms with Crippen molar-refractivity contribution in [1.29, 1.82) is 0 Å². The van der Waals surface area contributed by atoms with Gasteiger partial charge in [0.15, 0.2) is 5.82 Å². The van der Waals surface area contributed by atoms with E-state index in [0.717, 1.165) is 15.4 Å². The second-order valence-electron chi connectivity index (χ2n) is 9.17. The van der Waals surface area contributed by atoms with Crippen LogP contribution in [0.25, 0.3) is 0 Å². The second-order valence-corrected chi connectivity index (χ2v) is 11.2. The second kappa shape index (κ2) is 10.5. The Morgan fingerprint density at radius 1 is 1.10 bits per heavy atom. The Labute approximate surface area is 227 Å². The monoisotopic (exact) mass is 551 g/mol. The Morgan fingerprint density at radius 2 is 1.90 bits per heavy atom. The van der Waals surface area contributed by atoms with E-state index in [2.05, 4.69) is 14.7 Å². The van der Waals surface area contributed by atoms with E-state index in [4.69, 9.17) is 4.74 Å². The fraction of sp³-hybridized carbons (Fsp3) is 0.333. The minimum absolute atomic E-state index is 0.132. The number of benzene rings is 1. The highest BCUT2D eigenvalue weighted by Crippen LogP contribution is 2.38. The van der Waals surface area contributed by atoms with Gasteiger partial charge in [0, 0.05) is 38.0 Å². The number of hydrogen-bond acceptors (Lipinski definition) is 9. The predicted octanol–water partition coefficient (Wildman–Crippen LogP) is 2.71. The van der Waals surface area contributed by atoms with Gasteiger partial charge in [-0.05, 0) is 49.2 Å². The molecule has 3 aromatic rings. The number of ether oxygens (including phenoxy) is 2. The molecule has 2 aliphatic heterocycles. The highest BCUT2D eigenvalue weighted by atomic mass is 32.2. The van der Waals surface area contributed by atoms with Crippen LogP contribution >= 0.6 is 0 Å². The SMILES string of the molecule is CCN1c2ncc(CCOc3cccc4c3CCS(=O)(=O)N4CC(=O)OC)cc2C(=O)N(C)c2cccnc21. The molecule has 1 aromatic carbocycles. The fourth-order valence-corrected chi connectivity index (χ4v) is 6.32. The Morgan fingerprint density at radius 3 is 2.67 bits per heavy atom. The van der Waals surface area contributed by atoms with Gasteiger partial charge in [-0.25, -0.2) is 18.4 Å². The van der Waals surface area contributed by atoms with Gasteiger partial charge in [-0.1, -0.05) is 6.07 Å². The number of anilines is 4. The van der Waals surface area contributed by atoms with Crippen LogP contribution in [0, 0.1) is 0 Å². The first-order chi connectivity index (χ1) is 18.7. The van der Waals surface area contributed by atoms with E-state index in [9.17, 15) is 18.0 Å². The third-order valence-electron chi connectivity index (χ3n) is 6.88. The first-order valence-corrected chi connectivity index (χ1v) is 14.2. The molecular weight excluding hydrogens is 522 g/mol. The fourth-order valence-electron chi connectivity index (χ4n) is 4.87. The van der Waals surface area contributed by atoms with E-state index in [1.807, 2.05) is 24.0 Å². The lowest BCUT2D eigenvalue weighted by atomic mass is 10.1. The van der Waals surface area contributed by atoms with Crippen molar-refractivity contribution in [3.63, 3.8) is 0 Å². The van der Waals surface area contributed by atoms with Crippen LogP contribution in [0.2, 0.25) is 0 Å². The number of carbonyl (C=O) groups is 2. The third kappa shape index (κ3) is 4.87. The number of esters is 1. The molecule has 1 amide bonds. The number of methoxy groups -OCH3 is 1. The van der Waals surface area contributed by atoms with Crippen molar-refractivity contribution in [1.82, 2.24) is 9.97 Å². The molecule has 12 heteroatoms. The van der Waals surface area contributed by atoms with Gasteiger partial charge in [0.05, 0.1) is 36.4 Å². The summed E-state index contributed by atoms with van der Waals surface area (Å²) in [7, 11) is -0.700. The van der Waals surface area contributed by atoms with Crippen LogP contribution in [-0.4, -0.2) is 69.9 Å². The molecule has 0 bridgehead atoms. The van der Waals surface area contributed by atoms with E-state index in [1.165, 1.54) is 7.11 Å². The van der Waals surface area contributed by atoms with Crippen LogP contribution < -0.4 is 18.8 Å². The number of amides is 1. The van der Waals surface area contributed by atoms with Gasteiger partial charge < -0.3 is 19.3 Å². The van der Waals surface area contributed by atoms with Crippen molar-refractivity contribution in [2.75, 3.05) is 53.7 Å². The Bertz CT molecular complexity index is 1540. The summed E-state index contributed by atoms with van der Waals surface area (Å²) in [6.45, 7) is 2.46. The number of aromatic nitrogens is 2. The third-order valence-corrected chi connectivity index (χ3v) is 8.60. The molecule has 0 N–H and O–H groups in total. The maximum absolute atomic E-state index is 13.4. The number of carbonyl (C=O) groups excluding carboxylic acids is 2. The van der Waals surface area contributed by atoms with Crippen molar-refractivity contribution in [3.8, 4) is 5.75 Å². The average Bonchev–Trinajstić information content (AvgIpc) is 3.02. The average molecular weight is 552 g/mol. The Hall–Kier alpha value is -4.19. The summed E-state index contributed by atoms with van der Waals surface area (Å²) in [4.78, 5) is 37.9. The summed E-state index contributed by atoms with van der Waals surface area (Å²) >= 11 is 0. The molecule has 0 spiro atoms. The molecule has 0 atom stereocenters. The highest BCUT2D eigenvalue weighted by Gasteiger charge is 2.33. The minimum atomic E-state index is -3.65. The number of pyridine rings is 2. The minimum Gasteiger partial charge on any atom is -0.493 e. The van der Waals surface area contributed by atoms with Crippen LogP contribution in [0.4, 0.5) is 23.0 Å². The molecule has 0 unspecified atom stereocenters. The van der Waals surface area contributed by atoms with Gasteiger partial charge in [-0.15, -0.1) is 0 Å². The van der Waals surface area contributed by atoms with Crippen LogP contribution in [0.15, 0.2) is 48.8 Å². The van der Waals surface area contributed by atoms with Crippen molar-refractivity contribution >= 4 is 44.9 Å². The van der Waals surface area contributed by atoms with Crippen molar-refractivity contribution < 1.29 is 27.5 Å². The van der Waals surface area contributed by atoms with Crippen LogP contribution in [0.5, 0.6) is 5.75 Å². The number of sulfonamides is 1. The summed E-state index contributed by atoms with van der Waals surface area (Å²) in [5, 5.41) is 0. The lowest BCUT2D eigenvalue weighted by Crippen LogP contribution is -2.41. The van der Waals surface area contributed by atoms with Gasteiger partial charge in [0.25, 0.3) is 5.91 Å². The number of rotatable bonds is 7. The van der Waals surface area contributed by atoms with Crippen LogP contribution in [0.3, 0.4) is 0 Å². The molecule has 0 saturated carbocycles. The largest absolute Gasteiger partial charge is 0.493 e. The van der Waals surface area contributed by atoms with Gasteiger partial charge in [0.2, 0.25) is 10.0 Å². The van der Waals surface area contributed by atoms with E-state index in [0.29, 0.717) is 47.3 Å². The Balaban J connectivity index is 1.36. The molecule has 5 rings (SSSR count). The van der Waals surface area contributed by atoms with Gasteiger partial charge >= 0.3 is 5.97 Å². The van der Waals surface area contributed by atoms with Crippen LogP contribution in [-0.2, 0) is 32.4 Å². The summed E-state index contributed by atoms with van der Waals surface area (Å²) < 4.78 is 37.1. The van der Waals surface area contributed by atoms with Crippen molar-refractivity contribution in [2.45, 2.75) is 19.8 Å². The van der Waals surface area contributed by atoms with Gasteiger partial charge in [0.1, 0.15) is 18.1 Å². The predicted molar refractivity (Wildman–Crippen MR) is 146 cm³/mol. The van der Waals surface area contributed by atoms with E-state index in [1.54, 1.807) is 48.6 Å². The molecule has 39 heavy (non-hydrogen) atoms. The smallest absolute Gasteiger partial charge is 0.326 e. The molecule has 0 radical (unpaired) electrons. The lowest BCUT2D eigenvalue weighted by molar-refractivity contribution is -0.138. The Kier molecular flexibility index (Phi) is 7.13. The maximum Gasteiger partial charge on any atom is 0.326 e. The van der Waals surface area contributed by atoms with Gasteiger partial charge in [-0.2, -0.15) is 0 Å². The topological polar surface area (TPSA) is 122 Å². The normalized spacial score (nSPS) is 15.7. The standard InChI is InChI=1S/C27H29N5O6S/c1-4-31-25-20(27(34)30(2)22-8-6-12-28-26(22)31)15-18(16-29-25)10-13-38-23-9-5-7-21-19(23)11-14-39(35,36)32(21)17-24(33)37-3/h5-9,12,15-16H,4,10-11,13-14,17H2,1-3H3. The first-order valence-electron chi connectivity index (χ1n) is 12.6. The zero-order valence-electron chi connectivity index (χ0n) is 22.0. The van der Waals surface area contributed by atoms with E-state index >= 15 is 0 Å². The maximum atomic E-state index is 13.4. The van der Waals surface area contributed by atoms with Crippen molar-refractivity contribution in [2.24, 2.45) is 0 Å². The molecule has 0 saturated heterocycles. The summed E-state index contributed by atoms with van der Waals surface area (Å²) in [5.74, 6) is 0.835. The molecule has 11 nitrogen and oxygen atoms in total. The number of nitrogens with zero attached hydrogens (tertiary/aromatic N) is 5. The molecule has 0 aliphatic carbocycles. The van der Waals surface area contributed by atoms with E-state index in [-0.39, 0.29) is 24.7 Å². The molecule has 2 aliphatic rings. The molecule has 4 heterocycles. The summed E-state index contributed by atoms with van der Waals surface area (Å²) in [6.07, 6.45) is 4.18.